The number of para-hydroxylation sites is 2. The number of hydrogen-bond acceptors (Lipinski definition) is 4. The van der Waals surface area contributed by atoms with E-state index in [2.05, 4.69) is 0 Å². The molecular formula is C31H22N2O3S. The highest BCUT2D eigenvalue weighted by Gasteiger charge is 2.82. The molecule has 0 N–H and O–H groups in total. The van der Waals surface area contributed by atoms with E-state index in [1.165, 1.54) is 16.7 Å². The number of anilines is 2. The van der Waals surface area contributed by atoms with Gasteiger partial charge in [-0.2, -0.15) is 0 Å². The number of hydrogen-bond donors (Lipinski definition) is 0. The second kappa shape index (κ2) is 7.92. The van der Waals surface area contributed by atoms with Crippen LogP contribution >= 0.6 is 11.8 Å². The van der Waals surface area contributed by atoms with Gasteiger partial charge < -0.3 is 0 Å². The van der Waals surface area contributed by atoms with E-state index < -0.39 is 21.5 Å². The average Bonchev–Trinajstić information content (AvgIpc) is 3.53. The summed E-state index contributed by atoms with van der Waals surface area (Å²) in [5.74, 6) is -2.36. The van der Waals surface area contributed by atoms with Gasteiger partial charge >= 0.3 is 0 Å². The summed E-state index contributed by atoms with van der Waals surface area (Å²) < 4.78 is -1.24. The monoisotopic (exact) mass is 502 g/mol. The molecule has 0 saturated carbocycles. The fraction of sp³-hybridized carbons (Fsp3) is 0.129. The summed E-state index contributed by atoms with van der Waals surface area (Å²) in [5.41, 5.74) is 2.81. The van der Waals surface area contributed by atoms with E-state index in [4.69, 9.17) is 0 Å². The Balaban J connectivity index is 1.55. The lowest BCUT2D eigenvalue weighted by Crippen LogP contribution is -2.58. The first-order chi connectivity index (χ1) is 18.1. The third kappa shape index (κ3) is 2.73. The Hall–Kier alpha value is -4.16. The molecule has 3 saturated heterocycles. The lowest BCUT2D eigenvalue weighted by molar-refractivity contribution is -0.132. The topological polar surface area (TPSA) is 57.7 Å². The number of thioether (sulfide) groups is 1. The zero-order valence-electron chi connectivity index (χ0n) is 19.7. The van der Waals surface area contributed by atoms with Crippen LogP contribution < -0.4 is 9.80 Å². The van der Waals surface area contributed by atoms with Crippen molar-refractivity contribution in [1.82, 2.24) is 0 Å². The number of fused-ring (bicyclic) bond motifs is 5. The van der Waals surface area contributed by atoms with Gasteiger partial charge in [0.1, 0.15) is 9.62 Å². The van der Waals surface area contributed by atoms with Crippen LogP contribution in [0.2, 0.25) is 0 Å². The zero-order chi connectivity index (χ0) is 25.2. The van der Waals surface area contributed by atoms with Crippen LogP contribution in [0.25, 0.3) is 0 Å². The Morgan fingerprint density at radius 2 is 1.00 bits per heavy atom. The number of carbonyl (C=O) groups excluding carboxylic acids is 3. The molecule has 4 atom stereocenters. The zero-order valence-corrected chi connectivity index (χ0v) is 20.5. The van der Waals surface area contributed by atoms with Crippen molar-refractivity contribution in [2.75, 3.05) is 9.80 Å². The van der Waals surface area contributed by atoms with Crippen LogP contribution in [0, 0.1) is 11.8 Å². The fourth-order valence-corrected chi connectivity index (χ4v) is 8.52. The van der Waals surface area contributed by atoms with Crippen molar-refractivity contribution in [2.45, 2.75) is 9.62 Å². The third-order valence-electron chi connectivity index (χ3n) is 7.75. The first-order valence-corrected chi connectivity index (χ1v) is 13.1. The number of piperidine rings is 1. The molecule has 180 valence electrons. The predicted octanol–water partition coefficient (Wildman–Crippen LogP) is 5.33. The molecule has 3 aliphatic rings. The van der Waals surface area contributed by atoms with Crippen LogP contribution in [0.1, 0.15) is 11.1 Å². The minimum Gasteiger partial charge on any atom is -0.291 e. The second-order valence-electron chi connectivity index (χ2n) is 9.55. The van der Waals surface area contributed by atoms with Gasteiger partial charge in [0.2, 0.25) is 17.7 Å². The largest absolute Gasteiger partial charge is 0.291 e. The van der Waals surface area contributed by atoms with E-state index in [1.807, 2.05) is 109 Å². The van der Waals surface area contributed by atoms with E-state index in [9.17, 15) is 14.4 Å². The van der Waals surface area contributed by atoms with Crippen molar-refractivity contribution in [3.8, 4) is 0 Å². The number of imide groups is 1. The van der Waals surface area contributed by atoms with Crippen molar-refractivity contribution in [2.24, 2.45) is 11.8 Å². The summed E-state index contributed by atoms with van der Waals surface area (Å²) in [7, 11) is 0. The Labute approximate surface area is 218 Å². The fourth-order valence-electron chi connectivity index (χ4n) is 6.33. The molecule has 4 aromatic rings. The van der Waals surface area contributed by atoms with E-state index >= 15 is 0 Å². The molecule has 5 nitrogen and oxygen atoms in total. The maximum absolute atomic E-state index is 14.7. The number of benzene rings is 4. The van der Waals surface area contributed by atoms with Crippen molar-refractivity contribution in [3.05, 3.63) is 132 Å². The van der Waals surface area contributed by atoms with Gasteiger partial charge in [0, 0.05) is 5.69 Å². The number of nitrogens with zero attached hydrogens (tertiary/aromatic N) is 2. The minimum atomic E-state index is -1.24. The quantitative estimate of drug-likeness (QED) is 0.354. The molecule has 4 aromatic carbocycles. The Morgan fingerprint density at radius 3 is 1.57 bits per heavy atom. The molecule has 0 aromatic heterocycles. The molecule has 2 bridgehead atoms. The van der Waals surface area contributed by atoms with Crippen molar-refractivity contribution >= 4 is 40.9 Å². The van der Waals surface area contributed by atoms with Crippen LogP contribution in [0.5, 0.6) is 0 Å². The van der Waals surface area contributed by atoms with Gasteiger partial charge in [0.15, 0.2) is 0 Å². The molecule has 3 heterocycles. The molecule has 7 rings (SSSR count). The Morgan fingerprint density at radius 1 is 0.541 bits per heavy atom. The minimum absolute atomic E-state index is 0.170. The van der Waals surface area contributed by atoms with Crippen molar-refractivity contribution in [1.29, 1.82) is 0 Å². The highest BCUT2D eigenvalue weighted by molar-refractivity contribution is 8.03. The normalized spacial score (nSPS) is 28.2. The average molecular weight is 503 g/mol. The molecule has 3 amide bonds. The maximum Gasteiger partial charge on any atom is 0.250 e. The van der Waals surface area contributed by atoms with Crippen LogP contribution in [0.15, 0.2) is 121 Å². The molecule has 3 aliphatic heterocycles. The lowest BCUT2D eigenvalue weighted by Gasteiger charge is -2.43. The summed E-state index contributed by atoms with van der Waals surface area (Å²) >= 11 is 1.45. The van der Waals surface area contributed by atoms with Crippen molar-refractivity contribution < 1.29 is 14.4 Å². The first kappa shape index (κ1) is 22.1. The lowest BCUT2D eigenvalue weighted by atomic mass is 9.69. The molecule has 37 heavy (non-hydrogen) atoms. The van der Waals surface area contributed by atoms with E-state index in [0.717, 1.165) is 11.1 Å². The molecular weight excluding hydrogens is 480 g/mol. The number of rotatable bonds is 4. The van der Waals surface area contributed by atoms with Gasteiger partial charge in [-0.1, -0.05) is 97.1 Å². The molecule has 0 radical (unpaired) electrons. The van der Waals surface area contributed by atoms with Gasteiger partial charge in [-0.3, -0.25) is 19.3 Å². The molecule has 0 aliphatic carbocycles. The second-order valence-corrected chi connectivity index (χ2v) is 11.0. The molecule has 0 unspecified atom stereocenters. The highest BCUT2D eigenvalue weighted by atomic mass is 32.2. The van der Waals surface area contributed by atoms with Crippen LogP contribution in [-0.2, 0) is 24.0 Å². The molecule has 0 spiro atoms. The van der Waals surface area contributed by atoms with Crippen LogP contribution in [0.4, 0.5) is 11.4 Å². The summed E-state index contributed by atoms with van der Waals surface area (Å²) in [4.78, 5) is 45.3. The smallest absolute Gasteiger partial charge is 0.250 e. The summed E-state index contributed by atoms with van der Waals surface area (Å²) in [5, 5.41) is 0. The SMILES string of the molecule is O=C1[C@@H]2[C@H](C(=O)N1c1ccccc1)[C@@]1(c3ccccc3)S[C@]2(c2ccccc2)C(=O)N1c1ccccc1. The first-order valence-electron chi connectivity index (χ1n) is 12.2. The van der Waals surface area contributed by atoms with Gasteiger partial charge in [-0.15, -0.1) is 11.8 Å². The number of amides is 3. The highest BCUT2D eigenvalue weighted by Crippen LogP contribution is 2.75. The van der Waals surface area contributed by atoms with Gasteiger partial charge in [-0.05, 0) is 35.4 Å². The Kier molecular flexibility index (Phi) is 4.72. The standard InChI is InChI=1S/C31H22N2O3S/c34-27-25-26(28(35)32(27)23-17-9-3-10-18-23)31(22-15-7-2-8-16-22)33(24-19-11-4-12-20-24)29(36)30(25,37-31)21-13-5-1-6-14-21/h1-20,25-26H/t25-,26+,30-,31+/m0/s1. The van der Waals surface area contributed by atoms with Crippen molar-refractivity contribution in [3.63, 3.8) is 0 Å². The Bertz CT molecular complexity index is 1530. The van der Waals surface area contributed by atoms with Gasteiger partial charge in [0.05, 0.1) is 17.5 Å². The van der Waals surface area contributed by atoms with Gasteiger partial charge in [0.25, 0.3) is 0 Å². The summed E-state index contributed by atoms with van der Waals surface area (Å²) in [6, 6.07) is 37.7. The third-order valence-corrected chi connectivity index (χ3v) is 9.72. The number of carbonyl (C=O) groups is 3. The van der Waals surface area contributed by atoms with Crippen LogP contribution in [-0.4, -0.2) is 17.7 Å². The van der Waals surface area contributed by atoms with E-state index in [1.54, 1.807) is 17.0 Å². The molecule has 6 heteroatoms. The summed E-state index contributed by atoms with van der Waals surface area (Å²) in [6.45, 7) is 0. The summed E-state index contributed by atoms with van der Waals surface area (Å²) in [6.07, 6.45) is 0. The predicted molar refractivity (Wildman–Crippen MR) is 144 cm³/mol. The van der Waals surface area contributed by atoms with Crippen LogP contribution in [0.3, 0.4) is 0 Å². The van der Waals surface area contributed by atoms with E-state index in [0.29, 0.717) is 11.4 Å². The maximum atomic E-state index is 14.7. The van der Waals surface area contributed by atoms with E-state index in [-0.39, 0.29) is 17.7 Å². The van der Waals surface area contributed by atoms with Gasteiger partial charge in [-0.25, -0.2) is 4.90 Å². The molecule has 3 fully saturated rings.